The molecule has 0 radical (unpaired) electrons. The Bertz CT molecular complexity index is 662. The van der Waals surface area contributed by atoms with Crippen molar-refractivity contribution >= 4 is 16.8 Å². The van der Waals surface area contributed by atoms with Crippen LogP contribution in [0.5, 0.6) is 0 Å². The van der Waals surface area contributed by atoms with Gasteiger partial charge in [0.2, 0.25) is 0 Å². The number of aromatic amines is 1. The van der Waals surface area contributed by atoms with Gasteiger partial charge in [-0.1, -0.05) is 24.6 Å². The van der Waals surface area contributed by atoms with Gasteiger partial charge < -0.3 is 15.2 Å². The van der Waals surface area contributed by atoms with Gasteiger partial charge in [0, 0.05) is 29.4 Å². The van der Waals surface area contributed by atoms with E-state index in [0.29, 0.717) is 11.1 Å². The van der Waals surface area contributed by atoms with Gasteiger partial charge in [0.1, 0.15) is 5.69 Å². The second-order valence-corrected chi connectivity index (χ2v) is 7.29. The average molecular weight is 311 g/mol. The van der Waals surface area contributed by atoms with Crippen molar-refractivity contribution in [2.45, 2.75) is 32.1 Å². The normalized spacial score (nSPS) is 20.5. The first-order valence-electron chi connectivity index (χ1n) is 8.83. The van der Waals surface area contributed by atoms with E-state index >= 15 is 0 Å². The smallest absolute Gasteiger partial charge is 0.267 e. The number of nitrogens with zero attached hydrogens (tertiary/aromatic N) is 1. The molecular weight excluding hydrogens is 286 g/mol. The van der Waals surface area contributed by atoms with Gasteiger partial charge in [-0.15, -0.1) is 0 Å². The van der Waals surface area contributed by atoms with Crippen LogP contribution in [0.15, 0.2) is 30.3 Å². The molecule has 2 aliphatic rings. The summed E-state index contributed by atoms with van der Waals surface area (Å²) in [5.74, 6) is 0.0196. The molecule has 0 unspecified atom stereocenters. The van der Waals surface area contributed by atoms with Crippen molar-refractivity contribution in [1.29, 1.82) is 0 Å². The summed E-state index contributed by atoms with van der Waals surface area (Å²) in [5.41, 5.74) is 2.02. The fourth-order valence-electron chi connectivity index (χ4n) is 3.72. The molecule has 4 nitrogen and oxygen atoms in total. The van der Waals surface area contributed by atoms with Crippen LogP contribution in [0.2, 0.25) is 0 Å². The van der Waals surface area contributed by atoms with E-state index in [2.05, 4.69) is 15.2 Å². The lowest BCUT2D eigenvalue weighted by atomic mass is 10.0. The van der Waals surface area contributed by atoms with Crippen LogP contribution in [0.1, 0.15) is 42.6 Å². The monoisotopic (exact) mass is 311 g/mol. The number of benzene rings is 1. The molecule has 1 aromatic carbocycles. The maximum absolute atomic E-state index is 12.4. The summed E-state index contributed by atoms with van der Waals surface area (Å²) in [6, 6.07) is 9.95. The second-order valence-electron chi connectivity index (χ2n) is 7.29. The summed E-state index contributed by atoms with van der Waals surface area (Å²) in [6.07, 6.45) is 6.53. The molecule has 2 heterocycles. The summed E-state index contributed by atoms with van der Waals surface area (Å²) in [7, 11) is 0. The lowest BCUT2D eigenvalue weighted by Crippen LogP contribution is -2.40. The number of amides is 1. The molecule has 0 bridgehead atoms. The minimum absolute atomic E-state index is 0.0196. The fourth-order valence-corrected chi connectivity index (χ4v) is 3.72. The zero-order valence-electron chi connectivity index (χ0n) is 13.6. The number of rotatable bonds is 5. The van der Waals surface area contributed by atoms with Gasteiger partial charge in [-0.25, -0.2) is 0 Å². The molecule has 0 atom stereocenters. The highest BCUT2D eigenvalue weighted by Crippen LogP contribution is 2.46. The molecule has 0 spiro atoms. The Labute approximate surface area is 137 Å². The molecule has 1 aliphatic heterocycles. The number of likely N-dealkylation sites (tertiary alicyclic amines) is 1. The zero-order chi connectivity index (χ0) is 15.7. The van der Waals surface area contributed by atoms with Crippen LogP contribution in [0.3, 0.4) is 0 Å². The number of carbonyl (C=O) groups excluding carboxylic acids is 1. The first-order valence-corrected chi connectivity index (χ1v) is 8.83. The summed E-state index contributed by atoms with van der Waals surface area (Å²) in [5, 5.41) is 4.25. The Morgan fingerprint density at radius 2 is 1.96 bits per heavy atom. The molecule has 23 heavy (non-hydrogen) atoms. The van der Waals surface area contributed by atoms with Crippen molar-refractivity contribution in [2.24, 2.45) is 5.41 Å². The summed E-state index contributed by atoms with van der Waals surface area (Å²) in [4.78, 5) is 18.2. The topological polar surface area (TPSA) is 48.1 Å². The predicted molar refractivity (Wildman–Crippen MR) is 92.6 cm³/mol. The SMILES string of the molecule is O=C(NCC1(CN2CCCCC2)CC1)c1cc2ccccc2[nH]1. The van der Waals surface area contributed by atoms with Crippen molar-refractivity contribution in [3.63, 3.8) is 0 Å². The van der Waals surface area contributed by atoms with Crippen LogP contribution in [-0.4, -0.2) is 42.0 Å². The van der Waals surface area contributed by atoms with E-state index in [4.69, 9.17) is 0 Å². The second kappa shape index (κ2) is 6.00. The van der Waals surface area contributed by atoms with E-state index in [1.54, 1.807) is 0 Å². The van der Waals surface area contributed by atoms with Crippen LogP contribution in [0.25, 0.3) is 10.9 Å². The summed E-state index contributed by atoms with van der Waals surface area (Å²) in [6.45, 7) is 4.42. The Morgan fingerprint density at radius 1 is 1.17 bits per heavy atom. The summed E-state index contributed by atoms with van der Waals surface area (Å²) >= 11 is 0. The molecule has 2 N–H and O–H groups in total. The minimum atomic E-state index is 0.0196. The number of aromatic nitrogens is 1. The molecule has 4 rings (SSSR count). The molecule has 2 fully saturated rings. The average Bonchev–Trinajstić information content (AvgIpc) is 3.20. The third-order valence-corrected chi connectivity index (χ3v) is 5.36. The van der Waals surface area contributed by atoms with Crippen molar-refractivity contribution in [3.8, 4) is 0 Å². The number of fused-ring (bicyclic) bond motifs is 1. The van der Waals surface area contributed by atoms with Crippen LogP contribution in [-0.2, 0) is 0 Å². The number of hydrogen-bond acceptors (Lipinski definition) is 2. The number of H-pyrrole nitrogens is 1. The third kappa shape index (κ3) is 3.27. The van der Waals surface area contributed by atoms with E-state index < -0.39 is 0 Å². The Balaban J connectivity index is 1.35. The van der Waals surface area contributed by atoms with Gasteiger partial charge in [-0.2, -0.15) is 0 Å². The lowest BCUT2D eigenvalue weighted by Gasteiger charge is -2.30. The molecule has 1 saturated carbocycles. The zero-order valence-corrected chi connectivity index (χ0v) is 13.6. The standard InChI is InChI=1S/C19H25N3O/c23-18(17-12-15-6-2-3-7-16(15)21-17)20-13-19(8-9-19)14-22-10-4-1-5-11-22/h2-3,6-7,12,21H,1,4-5,8-11,13-14H2,(H,20,23). The Morgan fingerprint density at radius 3 is 2.70 bits per heavy atom. The van der Waals surface area contributed by atoms with Crippen molar-refractivity contribution < 1.29 is 4.79 Å². The highest BCUT2D eigenvalue weighted by molar-refractivity contribution is 5.98. The van der Waals surface area contributed by atoms with Crippen molar-refractivity contribution in [3.05, 3.63) is 36.0 Å². The number of piperidine rings is 1. The molecule has 1 amide bonds. The van der Waals surface area contributed by atoms with E-state index in [9.17, 15) is 4.79 Å². The Kier molecular flexibility index (Phi) is 3.85. The number of carbonyl (C=O) groups is 1. The maximum atomic E-state index is 12.4. The molecule has 1 aromatic heterocycles. The van der Waals surface area contributed by atoms with Crippen LogP contribution >= 0.6 is 0 Å². The van der Waals surface area contributed by atoms with Gasteiger partial charge in [-0.05, 0) is 50.9 Å². The predicted octanol–water partition coefficient (Wildman–Crippen LogP) is 3.16. The van der Waals surface area contributed by atoms with E-state index in [1.165, 1.54) is 45.2 Å². The quantitative estimate of drug-likeness (QED) is 0.891. The van der Waals surface area contributed by atoms with Gasteiger partial charge >= 0.3 is 0 Å². The molecule has 2 aromatic rings. The van der Waals surface area contributed by atoms with Crippen molar-refractivity contribution in [2.75, 3.05) is 26.2 Å². The minimum Gasteiger partial charge on any atom is -0.351 e. The first-order chi connectivity index (χ1) is 11.2. The fraction of sp³-hybridized carbons (Fsp3) is 0.526. The van der Waals surface area contributed by atoms with Gasteiger partial charge in [0.25, 0.3) is 5.91 Å². The lowest BCUT2D eigenvalue weighted by molar-refractivity contribution is 0.0932. The van der Waals surface area contributed by atoms with E-state index in [-0.39, 0.29) is 5.91 Å². The largest absolute Gasteiger partial charge is 0.351 e. The number of para-hydroxylation sites is 1. The van der Waals surface area contributed by atoms with Crippen LogP contribution in [0, 0.1) is 5.41 Å². The van der Waals surface area contributed by atoms with Crippen molar-refractivity contribution in [1.82, 2.24) is 15.2 Å². The molecular formula is C19H25N3O. The van der Waals surface area contributed by atoms with Gasteiger partial charge in [0.05, 0.1) is 0 Å². The van der Waals surface area contributed by atoms with E-state index in [1.807, 2.05) is 30.3 Å². The molecule has 1 saturated heterocycles. The summed E-state index contributed by atoms with van der Waals surface area (Å²) < 4.78 is 0. The number of hydrogen-bond donors (Lipinski definition) is 2. The van der Waals surface area contributed by atoms with Gasteiger partial charge in [0.15, 0.2) is 0 Å². The third-order valence-electron chi connectivity index (χ3n) is 5.36. The van der Waals surface area contributed by atoms with Crippen LogP contribution in [0.4, 0.5) is 0 Å². The first kappa shape index (κ1) is 14.8. The maximum Gasteiger partial charge on any atom is 0.267 e. The van der Waals surface area contributed by atoms with E-state index in [0.717, 1.165) is 24.0 Å². The number of nitrogens with one attached hydrogen (secondary N) is 2. The molecule has 122 valence electrons. The highest BCUT2D eigenvalue weighted by Gasteiger charge is 2.44. The highest BCUT2D eigenvalue weighted by atomic mass is 16.1. The van der Waals surface area contributed by atoms with Crippen LogP contribution < -0.4 is 5.32 Å². The molecule has 4 heteroatoms. The molecule has 1 aliphatic carbocycles. The van der Waals surface area contributed by atoms with Gasteiger partial charge in [-0.3, -0.25) is 4.79 Å². The Hall–Kier alpha value is -1.81.